The van der Waals surface area contributed by atoms with Gasteiger partial charge in [-0.25, -0.2) is 22.1 Å². The summed E-state index contributed by atoms with van der Waals surface area (Å²) in [4.78, 5) is 3.87. The number of aliphatic imine (C=N–C) groups is 1. The van der Waals surface area contributed by atoms with Crippen LogP contribution in [0.25, 0.3) is 0 Å². The molecule has 1 N–H and O–H groups in total. The van der Waals surface area contributed by atoms with Crippen molar-refractivity contribution in [1.82, 2.24) is 4.31 Å². The van der Waals surface area contributed by atoms with Crippen molar-refractivity contribution in [3.8, 4) is 0 Å². The maximum Gasteiger partial charge on any atom is 0.234 e. The molecule has 0 saturated carbocycles. The average molecular weight is 271 g/mol. The fraction of sp³-hybridized carbons (Fsp3) is 0.273. The summed E-state index contributed by atoms with van der Waals surface area (Å²) in [5.74, 6) is -0.755. The fourth-order valence-electron chi connectivity index (χ4n) is 1.14. The van der Waals surface area contributed by atoms with Crippen LogP contribution < -0.4 is 0 Å². The molecular weight excluding hydrogens is 257 g/mol. The SMILES string of the molecule is CC(=NC(=N)N(C)S(C)(=O)=O)c1ccc(F)cc1. The number of sulfonamides is 1. The third kappa shape index (κ3) is 3.63. The molecule has 0 aliphatic heterocycles. The molecule has 0 spiro atoms. The van der Waals surface area contributed by atoms with Gasteiger partial charge in [0.25, 0.3) is 0 Å². The Labute approximate surface area is 106 Å². The molecular formula is C11H14FN3O2S. The van der Waals surface area contributed by atoms with Gasteiger partial charge in [0.1, 0.15) is 5.82 Å². The maximum atomic E-state index is 12.7. The first-order valence-corrected chi connectivity index (χ1v) is 6.90. The monoisotopic (exact) mass is 271 g/mol. The smallest absolute Gasteiger partial charge is 0.234 e. The molecule has 0 radical (unpaired) electrons. The zero-order valence-electron chi connectivity index (χ0n) is 10.3. The molecule has 0 aromatic heterocycles. The lowest BCUT2D eigenvalue weighted by Crippen LogP contribution is -2.31. The second-order valence-electron chi connectivity index (χ2n) is 3.76. The minimum Gasteiger partial charge on any atom is -0.266 e. The van der Waals surface area contributed by atoms with Gasteiger partial charge >= 0.3 is 0 Å². The van der Waals surface area contributed by atoms with Gasteiger partial charge < -0.3 is 0 Å². The van der Waals surface area contributed by atoms with Crippen LogP contribution >= 0.6 is 0 Å². The summed E-state index contributed by atoms with van der Waals surface area (Å²) >= 11 is 0. The first-order chi connectivity index (χ1) is 8.21. The van der Waals surface area contributed by atoms with Crippen molar-refractivity contribution in [2.24, 2.45) is 4.99 Å². The van der Waals surface area contributed by atoms with E-state index in [2.05, 4.69) is 4.99 Å². The van der Waals surface area contributed by atoms with Crippen LogP contribution in [0.15, 0.2) is 29.3 Å². The molecule has 0 aliphatic carbocycles. The largest absolute Gasteiger partial charge is 0.266 e. The van der Waals surface area contributed by atoms with E-state index in [1.54, 1.807) is 6.92 Å². The average Bonchev–Trinajstić information content (AvgIpc) is 2.27. The highest BCUT2D eigenvalue weighted by atomic mass is 32.2. The topological polar surface area (TPSA) is 73.6 Å². The molecule has 0 amide bonds. The van der Waals surface area contributed by atoms with Gasteiger partial charge in [0.15, 0.2) is 0 Å². The number of guanidine groups is 1. The summed E-state index contributed by atoms with van der Waals surface area (Å²) in [6.07, 6.45) is 0.990. The Kier molecular flexibility index (Phi) is 4.18. The first-order valence-electron chi connectivity index (χ1n) is 5.05. The molecule has 1 aromatic carbocycles. The van der Waals surface area contributed by atoms with Crippen LogP contribution in [0, 0.1) is 11.2 Å². The standard InChI is InChI=1S/C11H14FN3O2S/c1-8(9-4-6-10(12)7-5-9)14-11(13)15(2)18(3,16)17/h4-7,13H,1-3H3. The Morgan fingerprint density at radius 3 is 2.28 bits per heavy atom. The van der Waals surface area contributed by atoms with Gasteiger partial charge in [0, 0.05) is 12.8 Å². The quantitative estimate of drug-likeness (QED) is 0.653. The predicted molar refractivity (Wildman–Crippen MR) is 68.9 cm³/mol. The van der Waals surface area contributed by atoms with Crippen LogP contribution in [0.5, 0.6) is 0 Å². The Balaban J connectivity index is 2.97. The van der Waals surface area contributed by atoms with Gasteiger partial charge in [-0.1, -0.05) is 12.1 Å². The van der Waals surface area contributed by atoms with Crippen molar-refractivity contribution in [2.75, 3.05) is 13.3 Å². The van der Waals surface area contributed by atoms with Crippen molar-refractivity contribution in [1.29, 1.82) is 5.41 Å². The van der Waals surface area contributed by atoms with Gasteiger partial charge in [-0.15, -0.1) is 0 Å². The molecule has 1 aromatic rings. The summed E-state index contributed by atoms with van der Waals surface area (Å²) in [5, 5.41) is 7.56. The van der Waals surface area contributed by atoms with Gasteiger partial charge in [-0.05, 0) is 24.6 Å². The first kappa shape index (κ1) is 14.3. The summed E-state index contributed by atoms with van der Waals surface area (Å²) in [7, 11) is -2.25. The normalized spacial score (nSPS) is 12.3. The molecule has 0 aliphatic rings. The second kappa shape index (κ2) is 5.26. The number of benzene rings is 1. The van der Waals surface area contributed by atoms with Crippen LogP contribution in [-0.4, -0.2) is 37.7 Å². The van der Waals surface area contributed by atoms with Crippen molar-refractivity contribution in [3.63, 3.8) is 0 Å². The Bertz CT molecular complexity index is 579. The summed E-state index contributed by atoms with van der Waals surface area (Å²) in [5.41, 5.74) is 1.07. The van der Waals surface area contributed by atoms with Crippen LogP contribution in [0.1, 0.15) is 12.5 Å². The zero-order valence-corrected chi connectivity index (χ0v) is 11.1. The van der Waals surface area contributed by atoms with Gasteiger partial charge in [-0.3, -0.25) is 5.41 Å². The number of hydrogen-bond acceptors (Lipinski definition) is 3. The van der Waals surface area contributed by atoms with E-state index < -0.39 is 10.0 Å². The van der Waals surface area contributed by atoms with E-state index in [9.17, 15) is 12.8 Å². The number of halogens is 1. The van der Waals surface area contributed by atoms with Gasteiger partial charge in [0.05, 0.1) is 6.26 Å². The molecule has 18 heavy (non-hydrogen) atoms. The van der Waals surface area contributed by atoms with Crippen LogP contribution in [0.2, 0.25) is 0 Å². The molecule has 0 heterocycles. The van der Waals surface area contributed by atoms with Crippen molar-refractivity contribution >= 4 is 21.7 Å². The summed E-state index contributed by atoms with van der Waals surface area (Å²) in [6, 6.07) is 5.58. The molecule has 7 heteroatoms. The lowest BCUT2D eigenvalue weighted by Gasteiger charge is -2.14. The Morgan fingerprint density at radius 1 is 1.33 bits per heavy atom. The van der Waals surface area contributed by atoms with Crippen molar-refractivity contribution in [2.45, 2.75) is 6.92 Å². The molecule has 98 valence electrons. The second-order valence-corrected chi connectivity index (χ2v) is 5.77. The van der Waals surface area contributed by atoms with Crippen LogP contribution in [0.4, 0.5) is 4.39 Å². The summed E-state index contributed by atoms with van der Waals surface area (Å²) in [6.45, 7) is 1.62. The molecule has 0 saturated heterocycles. The van der Waals surface area contributed by atoms with E-state index in [-0.39, 0.29) is 11.8 Å². The minimum atomic E-state index is -3.49. The molecule has 1 rings (SSSR count). The van der Waals surface area contributed by atoms with E-state index in [0.717, 1.165) is 10.6 Å². The third-order valence-corrected chi connectivity index (χ3v) is 3.50. The Hall–Kier alpha value is -1.76. The highest BCUT2D eigenvalue weighted by Crippen LogP contribution is 2.05. The maximum absolute atomic E-state index is 12.7. The molecule has 0 fully saturated rings. The van der Waals surface area contributed by atoms with E-state index in [1.807, 2.05) is 0 Å². The summed E-state index contributed by atoms with van der Waals surface area (Å²) < 4.78 is 35.9. The number of hydrogen-bond donors (Lipinski definition) is 1. The van der Waals surface area contributed by atoms with E-state index in [0.29, 0.717) is 11.3 Å². The highest BCUT2D eigenvalue weighted by molar-refractivity contribution is 7.88. The van der Waals surface area contributed by atoms with Gasteiger partial charge in [-0.2, -0.15) is 0 Å². The van der Waals surface area contributed by atoms with E-state index in [4.69, 9.17) is 5.41 Å². The molecule has 0 unspecified atom stereocenters. The van der Waals surface area contributed by atoms with Crippen LogP contribution in [0.3, 0.4) is 0 Å². The fourth-order valence-corrected chi connectivity index (χ4v) is 1.50. The van der Waals surface area contributed by atoms with E-state index in [1.165, 1.54) is 31.3 Å². The predicted octanol–water partition coefficient (Wildman–Crippen LogP) is 1.46. The lowest BCUT2D eigenvalue weighted by atomic mass is 10.1. The number of nitrogens with one attached hydrogen (secondary N) is 1. The van der Waals surface area contributed by atoms with Crippen molar-refractivity contribution in [3.05, 3.63) is 35.6 Å². The lowest BCUT2D eigenvalue weighted by molar-refractivity contribution is 0.557. The van der Waals surface area contributed by atoms with Crippen molar-refractivity contribution < 1.29 is 12.8 Å². The Morgan fingerprint density at radius 2 is 1.83 bits per heavy atom. The zero-order chi connectivity index (χ0) is 13.9. The van der Waals surface area contributed by atoms with E-state index >= 15 is 0 Å². The highest BCUT2D eigenvalue weighted by Gasteiger charge is 2.14. The number of rotatable bonds is 2. The third-order valence-electron chi connectivity index (χ3n) is 2.33. The minimum absolute atomic E-state index is 0.366. The van der Waals surface area contributed by atoms with Gasteiger partial charge in [0.2, 0.25) is 16.0 Å². The molecule has 0 atom stereocenters. The molecule has 0 bridgehead atoms. The molecule has 5 nitrogen and oxygen atoms in total. The van der Waals surface area contributed by atoms with Crippen LogP contribution in [-0.2, 0) is 10.0 Å². The number of nitrogens with zero attached hydrogens (tertiary/aromatic N) is 2.